The Hall–Kier alpha value is -0.990. The lowest BCUT2D eigenvalue weighted by Gasteiger charge is -2.23. The van der Waals surface area contributed by atoms with Gasteiger partial charge < -0.3 is 20.1 Å². The summed E-state index contributed by atoms with van der Waals surface area (Å²) < 4.78 is 32.6. The van der Waals surface area contributed by atoms with Crippen molar-refractivity contribution in [3.8, 4) is 0 Å². The average molecular weight is 496 g/mol. The molecule has 0 rings (SSSR count). The van der Waals surface area contributed by atoms with Crippen molar-refractivity contribution in [1.29, 1.82) is 0 Å². The summed E-state index contributed by atoms with van der Waals surface area (Å²) in [4.78, 5) is 35.0. The molecular weight excluding hydrogens is 449 g/mol. The fourth-order valence-corrected chi connectivity index (χ4v) is 4.08. The predicted octanol–water partition coefficient (Wildman–Crippen LogP) is 4.75. The maximum atomic E-state index is 12.7. The topological polar surface area (TPSA) is 134 Å². The van der Waals surface area contributed by atoms with E-state index in [1.54, 1.807) is 0 Å². The predicted molar refractivity (Wildman–Crippen MR) is 127 cm³/mol. The van der Waals surface area contributed by atoms with Gasteiger partial charge in [0.1, 0.15) is 6.61 Å². The number of esters is 2. The summed E-state index contributed by atoms with van der Waals surface area (Å²) in [5.41, 5.74) is 5.28. The minimum absolute atomic E-state index is 0.0519. The minimum Gasteiger partial charge on any atom is -0.461 e. The van der Waals surface area contributed by atoms with E-state index in [9.17, 15) is 19.0 Å². The molecule has 10 heteroatoms. The zero-order chi connectivity index (χ0) is 25.1. The number of ether oxygens (including phenoxy) is 2. The van der Waals surface area contributed by atoms with Gasteiger partial charge in [-0.05, 0) is 25.7 Å². The number of unbranched alkanes of at least 4 members (excludes halogenated alkanes) is 4. The SMILES string of the molecule is CCCCCC(CC)C(=O)OCC(COP(=O)(O)OCCN)OC(=O)C(CC)CCCCC. The molecule has 0 spiro atoms. The Bertz CT molecular complexity index is 575. The molecule has 4 atom stereocenters. The summed E-state index contributed by atoms with van der Waals surface area (Å²) in [7, 11) is -4.36. The van der Waals surface area contributed by atoms with Gasteiger partial charge in [0, 0.05) is 6.54 Å². The number of rotatable bonds is 21. The van der Waals surface area contributed by atoms with Crippen LogP contribution in [0.15, 0.2) is 0 Å². The van der Waals surface area contributed by atoms with E-state index >= 15 is 0 Å². The van der Waals surface area contributed by atoms with Crippen LogP contribution in [0.5, 0.6) is 0 Å². The zero-order valence-electron chi connectivity index (χ0n) is 21.0. The van der Waals surface area contributed by atoms with Crippen LogP contribution in [-0.4, -0.2) is 49.3 Å². The van der Waals surface area contributed by atoms with Crippen LogP contribution in [0.25, 0.3) is 0 Å². The van der Waals surface area contributed by atoms with Crippen LogP contribution < -0.4 is 5.73 Å². The molecule has 9 nitrogen and oxygen atoms in total. The highest BCUT2D eigenvalue weighted by Crippen LogP contribution is 2.43. The van der Waals surface area contributed by atoms with Crippen molar-refractivity contribution in [3.05, 3.63) is 0 Å². The van der Waals surface area contributed by atoms with Crippen molar-refractivity contribution in [2.45, 2.75) is 98.0 Å². The highest BCUT2D eigenvalue weighted by atomic mass is 31.2. The van der Waals surface area contributed by atoms with Gasteiger partial charge >= 0.3 is 19.8 Å². The van der Waals surface area contributed by atoms with Crippen LogP contribution in [0.1, 0.15) is 91.9 Å². The molecule has 0 aromatic heterocycles. The Morgan fingerprint density at radius 3 is 1.88 bits per heavy atom. The van der Waals surface area contributed by atoms with Gasteiger partial charge in [0.05, 0.1) is 25.0 Å². The molecule has 3 N–H and O–H groups in total. The lowest BCUT2D eigenvalue weighted by Crippen LogP contribution is -2.33. The normalized spacial score (nSPS) is 15.9. The van der Waals surface area contributed by atoms with Crippen LogP contribution in [0, 0.1) is 11.8 Å². The van der Waals surface area contributed by atoms with Crippen molar-refractivity contribution >= 4 is 19.8 Å². The summed E-state index contributed by atoms with van der Waals surface area (Å²) in [6.45, 7) is 7.24. The number of nitrogens with two attached hydrogens (primary N) is 1. The van der Waals surface area contributed by atoms with E-state index < -0.39 is 26.5 Å². The Labute approximate surface area is 199 Å². The summed E-state index contributed by atoms with van der Waals surface area (Å²) in [5.74, 6) is -1.32. The van der Waals surface area contributed by atoms with Crippen LogP contribution in [0.3, 0.4) is 0 Å². The van der Waals surface area contributed by atoms with Gasteiger partial charge in [0.15, 0.2) is 6.10 Å². The average Bonchev–Trinajstić information content (AvgIpc) is 2.79. The van der Waals surface area contributed by atoms with Crippen molar-refractivity contribution in [2.24, 2.45) is 17.6 Å². The zero-order valence-corrected chi connectivity index (χ0v) is 21.9. The van der Waals surface area contributed by atoms with Gasteiger partial charge in [-0.15, -0.1) is 0 Å². The summed E-state index contributed by atoms with van der Waals surface area (Å²) in [5, 5.41) is 0. The fourth-order valence-electron chi connectivity index (χ4n) is 3.31. The van der Waals surface area contributed by atoms with Crippen LogP contribution in [-0.2, 0) is 32.7 Å². The first-order valence-corrected chi connectivity index (χ1v) is 13.9. The van der Waals surface area contributed by atoms with Gasteiger partial charge in [0.25, 0.3) is 0 Å². The maximum absolute atomic E-state index is 12.7. The number of hydrogen-bond acceptors (Lipinski definition) is 8. The minimum atomic E-state index is -4.36. The van der Waals surface area contributed by atoms with Gasteiger partial charge in [-0.25, -0.2) is 4.57 Å². The summed E-state index contributed by atoms with van der Waals surface area (Å²) in [6.07, 6.45) is 7.71. The fraction of sp³-hybridized carbons (Fsp3) is 0.913. The molecule has 0 saturated carbocycles. The van der Waals surface area contributed by atoms with E-state index in [4.69, 9.17) is 24.3 Å². The summed E-state index contributed by atoms with van der Waals surface area (Å²) in [6, 6.07) is 0. The van der Waals surface area contributed by atoms with Crippen molar-refractivity contribution in [3.63, 3.8) is 0 Å². The number of phosphoric acid groups is 1. The first-order chi connectivity index (χ1) is 15.7. The van der Waals surface area contributed by atoms with Crippen molar-refractivity contribution in [2.75, 3.05) is 26.4 Å². The number of carbonyl (C=O) groups excluding carboxylic acids is 2. The molecule has 0 radical (unpaired) electrons. The molecule has 0 aliphatic heterocycles. The highest BCUT2D eigenvalue weighted by Gasteiger charge is 2.28. The second-order valence-corrected chi connectivity index (χ2v) is 9.73. The number of phosphoric ester groups is 1. The Morgan fingerprint density at radius 2 is 1.39 bits per heavy atom. The molecule has 0 aliphatic rings. The van der Waals surface area contributed by atoms with Crippen LogP contribution in [0.4, 0.5) is 0 Å². The molecule has 0 fully saturated rings. The molecule has 4 unspecified atom stereocenters. The quantitative estimate of drug-likeness (QED) is 0.131. The van der Waals surface area contributed by atoms with E-state index in [2.05, 4.69) is 13.8 Å². The third-order valence-electron chi connectivity index (χ3n) is 5.45. The van der Waals surface area contributed by atoms with E-state index in [0.717, 1.165) is 44.9 Å². The van der Waals surface area contributed by atoms with E-state index in [0.29, 0.717) is 19.3 Å². The third kappa shape index (κ3) is 15.5. The summed E-state index contributed by atoms with van der Waals surface area (Å²) >= 11 is 0. The number of hydrogen-bond donors (Lipinski definition) is 2. The maximum Gasteiger partial charge on any atom is 0.472 e. The lowest BCUT2D eigenvalue weighted by atomic mass is 9.99. The van der Waals surface area contributed by atoms with Crippen molar-refractivity contribution < 1.29 is 37.6 Å². The molecule has 0 heterocycles. The van der Waals surface area contributed by atoms with Crippen LogP contribution in [0.2, 0.25) is 0 Å². The van der Waals surface area contributed by atoms with Gasteiger partial charge in [-0.3, -0.25) is 18.6 Å². The van der Waals surface area contributed by atoms with E-state index in [1.807, 2.05) is 13.8 Å². The molecule has 0 amide bonds. The second-order valence-electron chi connectivity index (χ2n) is 8.28. The van der Waals surface area contributed by atoms with Gasteiger partial charge in [-0.1, -0.05) is 66.2 Å². The largest absolute Gasteiger partial charge is 0.472 e. The molecule has 0 aromatic rings. The molecule has 0 aromatic carbocycles. The molecule has 0 aliphatic carbocycles. The lowest BCUT2D eigenvalue weighted by molar-refractivity contribution is -0.166. The second kappa shape index (κ2) is 19.3. The first-order valence-electron chi connectivity index (χ1n) is 12.4. The first kappa shape index (κ1) is 32.0. The Kier molecular flexibility index (Phi) is 18.8. The van der Waals surface area contributed by atoms with Crippen LogP contribution >= 0.6 is 7.82 Å². The Balaban J connectivity index is 5.06. The molecule has 0 saturated heterocycles. The Morgan fingerprint density at radius 1 is 0.848 bits per heavy atom. The van der Waals surface area contributed by atoms with E-state index in [1.165, 1.54) is 0 Å². The van der Waals surface area contributed by atoms with Gasteiger partial charge in [0.2, 0.25) is 0 Å². The highest BCUT2D eigenvalue weighted by molar-refractivity contribution is 7.47. The third-order valence-corrected chi connectivity index (χ3v) is 6.44. The standard InChI is InChI=1S/C23H46NO8P/c1-5-9-11-13-19(7-3)22(25)29-17-21(18-31-33(27,28)30-16-15-24)32-23(26)20(8-4)14-12-10-6-2/h19-21H,5-18,24H2,1-4H3,(H,27,28). The smallest absolute Gasteiger partial charge is 0.461 e. The molecule has 33 heavy (non-hydrogen) atoms. The molecule has 0 bridgehead atoms. The van der Waals surface area contributed by atoms with Gasteiger partial charge in [-0.2, -0.15) is 0 Å². The molecular formula is C23H46NO8P. The molecule has 196 valence electrons. The van der Waals surface area contributed by atoms with E-state index in [-0.39, 0.29) is 37.6 Å². The number of carbonyl (C=O) groups is 2. The monoisotopic (exact) mass is 495 g/mol. The van der Waals surface area contributed by atoms with Crippen molar-refractivity contribution in [1.82, 2.24) is 0 Å².